The highest BCUT2D eigenvalue weighted by Gasteiger charge is 2.34. The fourth-order valence-corrected chi connectivity index (χ4v) is 4.24. The van der Waals surface area contributed by atoms with E-state index in [1.165, 1.54) is 28.8 Å². The van der Waals surface area contributed by atoms with Crippen LogP contribution in [0.25, 0.3) is 17.4 Å². The second-order valence-electron chi connectivity index (χ2n) is 6.37. The van der Waals surface area contributed by atoms with Gasteiger partial charge < -0.3 is 14.3 Å². The van der Waals surface area contributed by atoms with E-state index in [2.05, 4.69) is 0 Å². The first-order valence-electron chi connectivity index (χ1n) is 8.69. The van der Waals surface area contributed by atoms with Crippen molar-refractivity contribution in [3.05, 3.63) is 82.5 Å². The molecule has 1 saturated heterocycles. The summed E-state index contributed by atoms with van der Waals surface area (Å²) in [4.78, 5) is 25.8. The van der Waals surface area contributed by atoms with Gasteiger partial charge >= 0.3 is 0 Å². The van der Waals surface area contributed by atoms with E-state index in [4.69, 9.17) is 16.6 Å². The molecule has 3 aromatic rings. The Kier molecular flexibility index (Phi) is 5.08. The molecule has 0 aliphatic carbocycles. The Bertz CT molecular complexity index is 1160. The predicted octanol–water partition coefficient (Wildman–Crippen LogP) is 4.02. The Morgan fingerprint density at radius 2 is 1.83 bits per heavy atom. The molecular formula is C22H14NO4S2-. The molecule has 2 aromatic carbocycles. The van der Waals surface area contributed by atoms with Crippen LogP contribution in [0, 0.1) is 6.92 Å². The van der Waals surface area contributed by atoms with Gasteiger partial charge in [0.1, 0.15) is 11.5 Å². The Balaban J connectivity index is 1.59. The molecule has 7 heteroatoms. The zero-order valence-electron chi connectivity index (χ0n) is 15.2. The summed E-state index contributed by atoms with van der Waals surface area (Å²) in [6, 6.07) is 17.3. The molecule has 2 heterocycles. The Hall–Kier alpha value is -3.16. The average molecular weight is 420 g/mol. The first kappa shape index (κ1) is 19.2. The van der Waals surface area contributed by atoms with Gasteiger partial charge in [0, 0.05) is 11.6 Å². The number of para-hydroxylation sites is 1. The number of thioether (sulfide) groups is 1. The first-order valence-corrected chi connectivity index (χ1v) is 9.92. The van der Waals surface area contributed by atoms with E-state index in [1.54, 1.807) is 30.3 Å². The maximum atomic E-state index is 12.9. The number of benzene rings is 2. The van der Waals surface area contributed by atoms with Crippen LogP contribution in [0.3, 0.4) is 0 Å². The van der Waals surface area contributed by atoms with Gasteiger partial charge in [0.05, 0.1) is 16.6 Å². The largest absolute Gasteiger partial charge is 0.545 e. The molecule has 0 radical (unpaired) electrons. The molecule has 1 fully saturated rings. The quantitative estimate of drug-likeness (QED) is 0.469. The number of anilines is 1. The molecule has 0 spiro atoms. The van der Waals surface area contributed by atoms with Crippen molar-refractivity contribution in [3.8, 4) is 11.3 Å². The molecule has 1 aliphatic rings. The number of carboxylic acid groups (broad SMARTS) is 1. The zero-order valence-corrected chi connectivity index (χ0v) is 16.9. The van der Waals surface area contributed by atoms with Crippen molar-refractivity contribution in [2.75, 3.05) is 4.90 Å². The molecule has 4 rings (SSSR count). The SMILES string of the molecule is Cc1ccccc1N1C(=O)/C(=C/c2ccc(-c3ccc(C(=O)[O-])cc3)o2)SC1=S. The van der Waals surface area contributed by atoms with Gasteiger partial charge in [-0.2, -0.15) is 0 Å². The van der Waals surface area contributed by atoms with Crippen LogP contribution in [0.4, 0.5) is 5.69 Å². The minimum absolute atomic E-state index is 0.0976. The molecule has 1 amide bonds. The molecule has 0 N–H and O–H groups in total. The molecule has 0 saturated carbocycles. The van der Waals surface area contributed by atoms with E-state index < -0.39 is 5.97 Å². The molecule has 0 unspecified atom stereocenters. The Morgan fingerprint density at radius 3 is 2.52 bits per heavy atom. The van der Waals surface area contributed by atoms with Crippen LogP contribution in [0.15, 0.2) is 70.0 Å². The highest BCUT2D eigenvalue weighted by atomic mass is 32.2. The Labute approximate surface area is 176 Å². The third kappa shape index (κ3) is 3.74. The highest BCUT2D eigenvalue weighted by Crippen LogP contribution is 2.37. The van der Waals surface area contributed by atoms with Crippen LogP contribution >= 0.6 is 24.0 Å². The number of hydrogen-bond donors (Lipinski definition) is 0. The van der Waals surface area contributed by atoms with Crippen LogP contribution in [-0.4, -0.2) is 16.2 Å². The van der Waals surface area contributed by atoms with Crippen molar-refractivity contribution >= 4 is 51.9 Å². The van der Waals surface area contributed by atoms with Crippen molar-refractivity contribution in [1.82, 2.24) is 0 Å². The monoisotopic (exact) mass is 420 g/mol. The van der Waals surface area contributed by atoms with Crippen molar-refractivity contribution < 1.29 is 19.1 Å². The molecule has 29 heavy (non-hydrogen) atoms. The number of furan rings is 1. The Morgan fingerprint density at radius 1 is 1.10 bits per heavy atom. The second-order valence-corrected chi connectivity index (χ2v) is 8.05. The fourth-order valence-electron chi connectivity index (χ4n) is 2.98. The van der Waals surface area contributed by atoms with Gasteiger partial charge in [0.2, 0.25) is 0 Å². The molecule has 144 valence electrons. The van der Waals surface area contributed by atoms with E-state index >= 15 is 0 Å². The summed E-state index contributed by atoms with van der Waals surface area (Å²) in [6.07, 6.45) is 1.66. The van der Waals surface area contributed by atoms with E-state index in [1.807, 2.05) is 31.2 Å². The number of rotatable bonds is 4. The van der Waals surface area contributed by atoms with E-state index in [9.17, 15) is 14.7 Å². The van der Waals surface area contributed by atoms with Gasteiger partial charge in [-0.25, -0.2) is 0 Å². The smallest absolute Gasteiger partial charge is 0.270 e. The lowest BCUT2D eigenvalue weighted by atomic mass is 10.1. The number of amides is 1. The van der Waals surface area contributed by atoms with E-state index in [-0.39, 0.29) is 11.5 Å². The molecule has 0 bridgehead atoms. The van der Waals surface area contributed by atoms with Crippen molar-refractivity contribution in [3.63, 3.8) is 0 Å². The summed E-state index contributed by atoms with van der Waals surface area (Å²) in [5.74, 6) is -0.345. The standard InChI is InChI=1S/C22H15NO4S2/c1-13-4-2-3-5-17(13)23-20(24)19(29-22(23)28)12-16-10-11-18(27-16)14-6-8-15(9-7-14)21(25)26/h2-12H,1H3,(H,25,26)/p-1/b19-12-. The highest BCUT2D eigenvalue weighted by molar-refractivity contribution is 8.27. The normalized spacial score (nSPS) is 15.3. The topological polar surface area (TPSA) is 73.6 Å². The van der Waals surface area contributed by atoms with Crippen LogP contribution in [-0.2, 0) is 4.79 Å². The maximum Gasteiger partial charge on any atom is 0.270 e. The average Bonchev–Trinajstić information content (AvgIpc) is 3.27. The van der Waals surface area contributed by atoms with Crippen LogP contribution in [0.2, 0.25) is 0 Å². The third-order valence-corrected chi connectivity index (χ3v) is 5.76. The predicted molar refractivity (Wildman–Crippen MR) is 115 cm³/mol. The number of aryl methyl sites for hydroxylation is 1. The van der Waals surface area contributed by atoms with E-state index in [0.717, 1.165) is 16.8 Å². The summed E-state index contributed by atoms with van der Waals surface area (Å²) in [7, 11) is 0. The zero-order chi connectivity index (χ0) is 20.5. The molecular weight excluding hydrogens is 406 g/mol. The van der Waals surface area contributed by atoms with Gasteiger partial charge in [0.15, 0.2) is 4.32 Å². The first-order chi connectivity index (χ1) is 13.9. The lowest BCUT2D eigenvalue weighted by molar-refractivity contribution is -0.255. The number of aromatic carboxylic acids is 1. The molecule has 0 atom stereocenters. The lowest BCUT2D eigenvalue weighted by Gasteiger charge is -2.16. The van der Waals surface area contributed by atoms with Crippen molar-refractivity contribution in [2.24, 2.45) is 0 Å². The van der Waals surface area contributed by atoms with Crippen molar-refractivity contribution in [2.45, 2.75) is 6.92 Å². The summed E-state index contributed by atoms with van der Waals surface area (Å²) in [6.45, 7) is 1.93. The van der Waals surface area contributed by atoms with Crippen LogP contribution in [0.5, 0.6) is 0 Å². The third-order valence-electron chi connectivity index (χ3n) is 4.46. The van der Waals surface area contributed by atoms with Gasteiger partial charge in [-0.15, -0.1) is 0 Å². The van der Waals surface area contributed by atoms with Gasteiger partial charge in [-0.05, 0) is 36.2 Å². The number of carboxylic acids is 1. The van der Waals surface area contributed by atoms with E-state index in [0.29, 0.717) is 20.7 Å². The maximum absolute atomic E-state index is 12.9. The lowest BCUT2D eigenvalue weighted by Crippen LogP contribution is -2.28. The summed E-state index contributed by atoms with van der Waals surface area (Å²) < 4.78 is 6.29. The number of hydrogen-bond acceptors (Lipinski definition) is 6. The molecule has 1 aliphatic heterocycles. The molecule has 5 nitrogen and oxygen atoms in total. The minimum Gasteiger partial charge on any atom is -0.545 e. The fraction of sp³-hybridized carbons (Fsp3) is 0.0455. The van der Waals surface area contributed by atoms with Gasteiger partial charge in [0.25, 0.3) is 5.91 Å². The summed E-state index contributed by atoms with van der Waals surface area (Å²) in [5.41, 5.74) is 2.56. The van der Waals surface area contributed by atoms with Crippen molar-refractivity contribution in [1.29, 1.82) is 0 Å². The van der Waals surface area contributed by atoms with Crippen LogP contribution in [0.1, 0.15) is 21.7 Å². The second kappa shape index (κ2) is 7.69. The van der Waals surface area contributed by atoms with Gasteiger partial charge in [-0.3, -0.25) is 9.69 Å². The number of carbonyl (C=O) groups excluding carboxylic acids is 2. The summed E-state index contributed by atoms with van der Waals surface area (Å²) in [5, 5.41) is 10.9. The minimum atomic E-state index is -1.23. The molecule has 1 aromatic heterocycles. The van der Waals surface area contributed by atoms with Crippen LogP contribution < -0.4 is 10.0 Å². The van der Waals surface area contributed by atoms with Gasteiger partial charge in [-0.1, -0.05) is 66.4 Å². The number of carbonyl (C=O) groups is 2. The number of thiocarbonyl (C=S) groups is 1. The summed E-state index contributed by atoms with van der Waals surface area (Å²) >= 11 is 6.64. The number of nitrogens with zero attached hydrogens (tertiary/aromatic N) is 1.